The molecule has 0 fully saturated rings. The van der Waals surface area contributed by atoms with Crippen LogP contribution in [-0.2, 0) is 13.0 Å². The van der Waals surface area contributed by atoms with Crippen LogP contribution < -0.4 is 4.74 Å². The van der Waals surface area contributed by atoms with Gasteiger partial charge < -0.3 is 4.74 Å². The van der Waals surface area contributed by atoms with E-state index in [-0.39, 0.29) is 5.82 Å². The molecule has 18 heavy (non-hydrogen) atoms. The average molecular weight is 244 g/mol. The number of hydrogen-bond acceptors (Lipinski definition) is 1. The summed E-state index contributed by atoms with van der Waals surface area (Å²) in [4.78, 5) is 0. The Morgan fingerprint density at radius 3 is 2.33 bits per heavy atom. The van der Waals surface area contributed by atoms with E-state index < -0.39 is 0 Å². The summed E-state index contributed by atoms with van der Waals surface area (Å²) in [6, 6.07) is 13.4. The standard InChI is InChI=1S/C16H17FO/c1-3-13-7-9-14(10-8-13)11-18-15-6-4-5-12(2)16(15)17/h4-10H,3,11H2,1-2H3. The van der Waals surface area contributed by atoms with E-state index in [1.54, 1.807) is 25.1 Å². The monoisotopic (exact) mass is 244 g/mol. The Morgan fingerprint density at radius 1 is 1.00 bits per heavy atom. The molecule has 94 valence electrons. The van der Waals surface area contributed by atoms with E-state index in [0.717, 1.165) is 12.0 Å². The van der Waals surface area contributed by atoms with Crippen molar-refractivity contribution in [3.05, 3.63) is 65.0 Å². The molecule has 0 spiro atoms. The van der Waals surface area contributed by atoms with Gasteiger partial charge in [-0.2, -0.15) is 0 Å². The maximum Gasteiger partial charge on any atom is 0.167 e. The zero-order chi connectivity index (χ0) is 13.0. The van der Waals surface area contributed by atoms with E-state index >= 15 is 0 Å². The van der Waals surface area contributed by atoms with Gasteiger partial charge in [-0.25, -0.2) is 4.39 Å². The Labute approximate surface area is 107 Å². The Morgan fingerprint density at radius 2 is 1.67 bits per heavy atom. The van der Waals surface area contributed by atoms with Gasteiger partial charge in [0, 0.05) is 0 Å². The summed E-state index contributed by atoms with van der Waals surface area (Å²) in [5.41, 5.74) is 2.95. The molecule has 0 aliphatic carbocycles. The van der Waals surface area contributed by atoms with Crippen molar-refractivity contribution in [2.45, 2.75) is 26.9 Å². The molecule has 0 aliphatic rings. The highest BCUT2D eigenvalue weighted by atomic mass is 19.1. The van der Waals surface area contributed by atoms with Crippen LogP contribution in [0, 0.1) is 12.7 Å². The molecule has 2 aromatic rings. The van der Waals surface area contributed by atoms with Gasteiger partial charge in [0.25, 0.3) is 0 Å². The van der Waals surface area contributed by atoms with Crippen LogP contribution >= 0.6 is 0 Å². The molecule has 0 N–H and O–H groups in total. The lowest BCUT2D eigenvalue weighted by Gasteiger charge is -2.09. The van der Waals surface area contributed by atoms with Gasteiger partial charge in [-0.15, -0.1) is 0 Å². The van der Waals surface area contributed by atoms with Gasteiger partial charge in [0.05, 0.1) is 0 Å². The first kappa shape index (κ1) is 12.6. The van der Waals surface area contributed by atoms with Gasteiger partial charge in [0.2, 0.25) is 0 Å². The lowest BCUT2D eigenvalue weighted by Crippen LogP contribution is -1.98. The van der Waals surface area contributed by atoms with Crippen molar-refractivity contribution in [3.63, 3.8) is 0 Å². The molecule has 0 radical (unpaired) electrons. The Balaban J connectivity index is 2.04. The minimum atomic E-state index is -0.275. The van der Waals surface area contributed by atoms with Crippen LogP contribution in [0.1, 0.15) is 23.6 Å². The molecule has 2 aromatic carbocycles. The molecule has 0 unspecified atom stereocenters. The van der Waals surface area contributed by atoms with E-state index in [1.165, 1.54) is 5.56 Å². The highest BCUT2D eigenvalue weighted by molar-refractivity contribution is 5.30. The minimum absolute atomic E-state index is 0.275. The molecule has 0 heterocycles. The number of aryl methyl sites for hydroxylation is 2. The molecule has 0 atom stereocenters. The van der Waals surface area contributed by atoms with Crippen molar-refractivity contribution in [2.24, 2.45) is 0 Å². The van der Waals surface area contributed by atoms with E-state index in [0.29, 0.717) is 17.9 Å². The highest BCUT2D eigenvalue weighted by Crippen LogP contribution is 2.20. The van der Waals surface area contributed by atoms with Crippen molar-refractivity contribution in [1.82, 2.24) is 0 Å². The zero-order valence-corrected chi connectivity index (χ0v) is 10.7. The summed E-state index contributed by atoms with van der Waals surface area (Å²) in [6.07, 6.45) is 1.02. The van der Waals surface area contributed by atoms with Crippen molar-refractivity contribution in [1.29, 1.82) is 0 Å². The summed E-state index contributed by atoms with van der Waals surface area (Å²) in [5.74, 6) is 0.0391. The Bertz CT molecular complexity index is 517. The van der Waals surface area contributed by atoms with Gasteiger partial charge >= 0.3 is 0 Å². The fourth-order valence-electron chi connectivity index (χ4n) is 1.76. The lowest BCUT2D eigenvalue weighted by molar-refractivity contribution is 0.289. The average Bonchev–Trinajstić information content (AvgIpc) is 2.41. The molecule has 0 saturated carbocycles. The molecule has 1 nitrogen and oxygen atoms in total. The van der Waals surface area contributed by atoms with Crippen LogP contribution in [-0.4, -0.2) is 0 Å². The first-order chi connectivity index (χ1) is 8.70. The molecule has 0 saturated heterocycles. The maximum absolute atomic E-state index is 13.7. The predicted molar refractivity (Wildman–Crippen MR) is 71.3 cm³/mol. The van der Waals surface area contributed by atoms with Crippen LogP contribution in [0.25, 0.3) is 0 Å². The largest absolute Gasteiger partial charge is 0.486 e. The summed E-state index contributed by atoms with van der Waals surface area (Å²) in [7, 11) is 0. The highest BCUT2D eigenvalue weighted by Gasteiger charge is 2.05. The second-order valence-corrected chi connectivity index (χ2v) is 4.35. The number of ether oxygens (including phenoxy) is 1. The lowest BCUT2D eigenvalue weighted by atomic mass is 10.1. The van der Waals surface area contributed by atoms with Gasteiger partial charge in [0.15, 0.2) is 11.6 Å². The van der Waals surface area contributed by atoms with Crippen molar-refractivity contribution >= 4 is 0 Å². The minimum Gasteiger partial charge on any atom is -0.486 e. The molecule has 0 aromatic heterocycles. The Hall–Kier alpha value is -1.83. The molecular weight excluding hydrogens is 227 g/mol. The van der Waals surface area contributed by atoms with Crippen molar-refractivity contribution < 1.29 is 9.13 Å². The maximum atomic E-state index is 13.7. The van der Waals surface area contributed by atoms with Crippen LogP contribution in [0.2, 0.25) is 0 Å². The summed E-state index contributed by atoms with van der Waals surface area (Å²) >= 11 is 0. The molecule has 0 bridgehead atoms. The van der Waals surface area contributed by atoms with E-state index in [1.807, 2.05) is 12.1 Å². The summed E-state index contributed by atoms with van der Waals surface area (Å²) in [6.45, 7) is 4.25. The molecular formula is C16H17FO. The van der Waals surface area contributed by atoms with Crippen LogP contribution in [0.3, 0.4) is 0 Å². The second kappa shape index (κ2) is 5.67. The Kier molecular flexibility index (Phi) is 3.98. The second-order valence-electron chi connectivity index (χ2n) is 4.35. The van der Waals surface area contributed by atoms with Gasteiger partial charge in [0.1, 0.15) is 6.61 Å². The zero-order valence-electron chi connectivity index (χ0n) is 10.7. The van der Waals surface area contributed by atoms with Crippen molar-refractivity contribution in [2.75, 3.05) is 0 Å². The number of halogens is 1. The van der Waals surface area contributed by atoms with Crippen molar-refractivity contribution in [3.8, 4) is 5.75 Å². The first-order valence-corrected chi connectivity index (χ1v) is 6.16. The fraction of sp³-hybridized carbons (Fsp3) is 0.250. The number of hydrogen-bond donors (Lipinski definition) is 0. The van der Waals surface area contributed by atoms with Gasteiger partial charge in [-0.3, -0.25) is 0 Å². The van der Waals surface area contributed by atoms with E-state index in [2.05, 4.69) is 19.1 Å². The normalized spacial score (nSPS) is 10.4. The predicted octanol–water partition coefficient (Wildman–Crippen LogP) is 4.28. The third-order valence-electron chi connectivity index (χ3n) is 2.98. The molecule has 2 heteroatoms. The van der Waals surface area contributed by atoms with E-state index in [4.69, 9.17) is 4.74 Å². The topological polar surface area (TPSA) is 9.23 Å². The first-order valence-electron chi connectivity index (χ1n) is 6.16. The van der Waals surface area contributed by atoms with E-state index in [9.17, 15) is 4.39 Å². The number of benzene rings is 2. The van der Waals surface area contributed by atoms with Crippen LogP contribution in [0.4, 0.5) is 4.39 Å². The SMILES string of the molecule is CCc1ccc(COc2cccc(C)c2F)cc1. The summed E-state index contributed by atoms with van der Waals surface area (Å²) in [5, 5.41) is 0. The van der Waals surface area contributed by atoms with Crippen LogP contribution in [0.15, 0.2) is 42.5 Å². The quantitative estimate of drug-likeness (QED) is 0.780. The van der Waals surface area contributed by atoms with Gasteiger partial charge in [-0.05, 0) is 36.1 Å². The molecule has 0 aliphatic heterocycles. The van der Waals surface area contributed by atoms with Crippen LogP contribution in [0.5, 0.6) is 5.75 Å². The van der Waals surface area contributed by atoms with Gasteiger partial charge in [-0.1, -0.05) is 43.3 Å². The smallest absolute Gasteiger partial charge is 0.167 e. The third kappa shape index (κ3) is 2.89. The molecule has 0 amide bonds. The fourth-order valence-corrected chi connectivity index (χ4v) is 1.76. The summed E-state index contributed by atoms with van der Waals surface area (Å²) < 4.78 is 19.2. The molecule has 2 rings (SSSR count). The third-order valence-corrected chi connectivity index (χ3v) is 2.98. The number of rotatable bonds is 4.